The summed E-state index contributed by atoms with van der Waals surface area (Å²) in [6.07, 6.45) is 7.36. The van der Waals surface area contributed by atoms with Gasteiger partial charge in [-0.3, -0.25) is 0 Å². The van der Waals surface area contributed by atoms with Crippen LogP contribution in [0.2, 0.25) is 0 Å². The van der Waals surface area contributed by atoms with Gasteiger partial charge in [-0.05, 0) is 51.0 Å². The normalized spacial score (nSPS) is 22.1. The van der Waals surface area contributed by atoms with E-state index in [1.165, 1.54) is 31.8 Å². The van der Waals surface area contributed by atoms with Crippen LogP contribution < -0.4 is 0 Å². The first-order valence-corrected chi connectivity index (χ1v) is 9.32. The molecule has 4 heteroatoms. The molecule has 0 fully saturated rings. The summed E-state index contributed by atoms with van der Waals surface area (Å²) in [6, 6.07) is 0. The molecule has 2 N–H and O–H groups in total. The number of hydrogen-bond donors (Lipinski definition) is 2. The third kappa shape index (κ3) is 7.25. The van der Waals surface area contributed by atoms with Gasteiger partial charge < -0.3 is 19.7 Å². The van der Waals surface area contributed by atoms with Crippen LogP contribution in [0.25, 0.3) is 0 Å². The molecular formula is C22H36O4. The quantitative estimate of drug-likeness (QED) is 0.530. The molecular weight excluding hydrogens is 328 g/mol. The molecule has 1 rings (SSSR count). The molecule has 0 amide bonds. The van der Waals surface area contributed by atoms with E-state index in [1.807, 2.05) is 6.08 Å². The number of aliphatic hydroxyl groups is 2. The van der Waals surface area contributed by atoms with Crippen LogP contribution in [0.5, 0.6) is 0 Å². The minimum absolute atomic E-state index is 0.138. The standard InChI is InChI=1S/C22H36O4/c1-17-10-8-12-20(2,3)18(17)11-15-21(4,23)13-9-14-22(5,24)16-19(25-6)26-7/h11,15,19,23-24H,8,10,12-13,16H2,1-7H3/b15-11-/t21-,22-/m0/s1. The lowest BCUT2D eigenvalue weighted by Crippen LogP contribution is -2.30. The van der Waals surface area contributed by atoms with E-state index in [9.17, 15) is 10.2 Å². The van der Waals surface area contributed by atoms with Gasteiger partial charge in [-0.15, -0.1) is 0 Å². The molecule has 0 saturated carbocycles. The van der Waals surface area contributed by atoms with Gasteiger partial charge in [0.1, 0.15) is 5.60 Å². The van der Waals surface area contributed by atoms with Crippen molar-refractivity contribution in [3.63, 3.8) is 0 Å². The Hall–Kier alpha value is -1.12. The maximum absolute atomic E-state index is 10.6. The first-order valence-electron chi connectivity index (χ1n) is 9.32. The maximum atomic E-state index is 10.6. The fraction of sp³-hybridized carbons (Fsp3) is 0.727. The van der Waals surface area contributed by atoms with Gasteiger partial charge in [-0.25, -0.2) is 0 Å². The van der Waals surface area contributed by atoms with Gasteiger partial charge in [-0.2, -0.15) is 0 Å². The van der Waals surface area contributed by atoms with Crippen molar-refractivity contribution >= 4 is 0 Å². The molecule has 148 valence electrons. The van der Waals surface area contributed by atoms with E-state index in [-0.39, 0.29) is 18.3 Å². The Bertz CT molecular complexity index is 581. The zero-order valence-electron chi connectivity index (χ0n) is 17.5. The fourth-order valence-corrected chi connectivity index (χ4v) is 3.38. The van der Waals surface area contributed by atoms with Crippen LogP contribution in [0, 0.1) is 17.3 Å². The molecule has 0 heterocycles. The summed E-state index contributed by atoms with van der Waals surface area (Å²) in [7, 11) is 3.05. The summed E-state index contributed by atoms with van der Waals surface area (Å²) in [5.41, 5.74) is 0.561. The molecule has 0 radical (unpaired) electrons. The molecule has 1 aliphatic rings. The third-order valence-electron chi connectivity index (χ3n) is 5.05. The Morgan fingerprint density at radius 2 is 1.85 bits per heavy atom. The number of rotatable bonds is 7. The van der Waals surface area contributed by atoms with Gasteiger partial charge in [0.2, 0.25) is 0 Å². The summed E-state index contributed by atoms with van der Waals surface area (Å²) in [5.74, 6) is 5.73. The van der Waals surface area contributed by atoms with E-state index in [4.69, 9.17) is 9.47 Å². The fourth-order valence-electron chi connectivity index (χ4n) is 3.38. The highest BCUT2D eigenvalue weighted by Crippen LogP contribution is 2.41. The molecule has 0 unspecified atom stereocenters. The van der Waals surface area contributed by atoms with Crippen molar-refractivity contribution in [1.82, 2.24) is 0 Å². The topological polar surface area (TPSA) is 58.9 Å². The number of ether oxygens (including phenoxy) is 2. The molecule has 0 saturated heterocycles. The average Bonchev–Trinajstić information content (AvgIpc) is 2.51. The second-order valence-electron chi connectivity index (χ2n) is 8.48. The molecule has 0 aromatic rings. The van der Waals surface area contributed by atoms with Crippen LogP contribution in [-0.4, -0.2) is 41.9 Å². The van der Waals surface area contributed by atoms with Gasteiger partial charge in [0.25, 0.3) is 0 Å². The number of hydrogen-bond acceptors (Lipinski definition) is 4. The first-order chi connectivity index (χ1) is 11.9. The average molecular weight is 365 g/mol. The summed E-state index contributed by atoms with van der Waals surface area (Å²) >= 11 is 0. The summed E-state index contributed by atoms with van der Waals surface area (Å²) in [4.78, 5) is 0. The van der Waals surface area contributed by atoms with Crippen molar-refractivity contribution in [2.45, 2.75) is 84.2 Å². The van der Waals surface area contributed by atoms with Crippen LogP contribution in [0.1, 0.15) is 66.7 Å². The van der Waals surface area contributed by atoms with E-state index < -0.39 is 17.5 Å². The van der Waals surface area contributed by atoms with Crippen molar-refractivity contribution < 1.29 is 19.7 Å². The zero-order valence-corrected chi connectivity index (χ0v) is 17.5. The molecule has 0 aromatic heterocycles. The smallest absolute Gasteiger partial charge is 0.160 e. The lowest BCUT2D eigenvalue weighted by molar-refractivity contribution is -0.129. The van der Waals surface area contributed by atoms with Crippen LogP contribution in [0.3, 0.4) is 0 Å². The second kappa shape index (κ2) is 9.19. The Morgan fingerprint density at radius 1 is 1.23 bits per heavy atom. The molecule has 2 atom stereocenters. The molecule has 26 heavy (non-hydrogen) atoms. The van der Waals surface area contributed by atoms with Gasteiger partial charge in [0.05, 0.1) is 5.60 Å². The Morgan fingerprint density at radius 3 is 2.38 bits per heavy atom. The van der Waals surface area contributed by atoms with E-state index >= 15 is 0 Å². The van der Waals surface area contributed by atoms with E-state index in [0.717, 1.165) is 12.8 Å². The number of methoxy groups -OCH3 is 2. The van der Waals surface area contributed by atoms with Crippen LogP contribution >= 0.6 is 0 Å². The van der Waals surface area contributed by atoms with Crippen molar-refractivity contribution in [2.75, 3.05) is 14.2 Å². The lowest BCUT2D eigenvalue weighted by atomic mass is 9.72. The van der Waals surface area contributed by atoms with Crippen LogP contribution in [0.4, 0.5) is 0 Å². The SMILES string of the molecule is COC(C[C@@](C)(O)C#CC[C@](C)(O)/C=C\C1=C(C)CCCC1(C)C)OC. The van der Waals surface area contributed by atoms with Crippen LogP contribution in [0.15, 0.2) is 23.3 Å². The largest absolute Gasteiger partial charge is 0.385 e. The highest BCUT2D eigenvalue weighted by molar-refractivity contribution is 5.34. The highest BCUT2D eigenvalue weighted by atomic mass is 16.7. The molecule has 1 aliphatic carbocycles. The Kier molecular flexibility index (Phi) is 8.10. The van der Waals surface area contributed by atoms with E-state index in [2.05, 4.69) is 38.7 Å². The van der Waals surface area contributed by atoms with E-state index in [1.54, 1.807) is 13.8 Å². The highest BCUT2D eigenvalue weighted by Gasteiger charge is 2.28. The van der Waals surface area contributed by atoms with E-state index in [0.29, 0.717) is 0 Å². The summed E-state index contributed by atoms with van der Waals surface area (Å²) in [6.45, 7) is 10.0. The number of allylic oxidation sites excluding steroid dienone is 3. The van der Waals surface area contributed by atoms with Gasteiger partial charge >= 0.3 is 0 Å². The first kappa shape index (κ1) is 22.9. The van der Waals surface area contributed by atoms with Crippen molar-refractivity contribution in [2.24, 2.45) is 5.41 Å². The minimum Gasteiger partial charge on any atom is -0.385 e. The van der Waals surface area contributed by atoms with Crippen molar-refractivity contribution in [1.29, 1.82) is 0 Å². The monoisotopic (exact) mass is 364 g/mol. The Balaban J connectivity index is 2.78. The van der Waals surface area contributed by atoms with Crippen LogP contribution in [-0.2, 0) is 9.47 Å². The van der Waals surface area contributed by atoms with Crippen molar-refractivity contribution in [3.05, 3.63) is 23.3 Å². The van der Waals surface area contributed by atoms with Gasteiger partial charge in [0.15, 0.2) is 6.29 Å². The molecule has 4 nitrogen and oxygen atoms in total. The minimum atomic E-state index is -1.24. The molecule has 0 bridgehead atoms. The molecule has 0 aliphatic heterocycles. The zero-order chi connectivity index (χ0) is 20.0. The maximum Gasteiger partial charge on any atom is 0.160 e. The van der Waals surface area contributed by atoms with Crippen molar-refractivity contribution in [3.8, 4) is 11.8 Å². The van der Waals surface area contributed by atoms with Gasteiger partial charge in [-0.1, -0.05) is 43.4 Å². The summed E-state index contributed by atoms with van der Waals surface area (Å²) < 4.78 is 10.2. The Labute approximate surface area is 159 Å². The molecule has 0 aromatic carbocycles. The predicted octanol–water partition coefficient (Wildman–Crippen LogP) is 3.97. The summed E-state index contributed by atoms with van der Waals surface area (Å²) in [5, 5.41) is 21.0. The molecule has 0 spiro atoms. The lowest BCUT2D eigenvalue weighted by Gasteiger charge is -2.33. The van der Waals surface area contributed by atoms with Gasteiger partial charge in [0, 0.05) is 27.1 Å². The predicted molar refractivity (Wildman–Crippen MR) is 106 cm³/mol. The second-order valence-corrected chi connectivity index (χ2v) is 8.48. The third-order valence-corrected chi connectivity index (χ3v) is 5.05.